The van der Waals surface area contributed by atoms with Gasteiger partial charge >= 0.3 is 0 Å². The zero-order chi connectivity index (χ0) is 19.2. The molecule has 0 aliphatic carbocycles. The minimum absolute atomic E-state index is 0.296. The number of amidine groups is 1. The van der Waals surface area contributed by atoms with Crippen molar-refractivity contribution in [3.05, 3.63) is 71.7 Å². The van der Waals surface area contributed by atoms with E-state index >= 15 is 0 Å². The third kappa shape index (κ3) is 2.83. The molecule has 5 nitrogen and oxygen atoms in total. The Bertz CT molecular complexity index is 1080. The van der Waals surface area contributed by atoms with E-state index in [1.54, 1.807) is 23.9 Å². The first kappa shape index (κ1) is 18.0. The van der Waals surface area contributed by atoms with Crippen LogP contribution in [0.4, 0.5) is 10.2 Å². The first-order valence-electron chi connectivity index (χ1n) is 8.36. The smallest absolute Gasteiger partial charge is 0.192 e. The molecule has 1 atom stereocenters. The van der Waals surface area contributed by atoms with Gasteiger partial charge in [-0.1, -0.05) is 18.2 Å². The van der Waals surface area contributed by atoms with E-state index in [1.807, 2.05) is 49.0 Å². The van der Waals surface area contributed by atoms with Gasteiger partial charge in [-0.3, -0.25) is 0 Å². The maximum Gasteiger partial charge on any atom is 0.192 e. The second kappa shape index (κ2) is 6.68. The maximum atomic E-state index is 13.4. The van der Waals surface area contributed by atoms with Crippen molar-refractivity contribution in [2.45, 2.75) is 6.92 Å². The van der Waals surface area contributed by atoms with Gasteiger partial charge in [-0.05, 0) is 55.1 Å². The molecule has 0 unspecified atom stereocenters. The third-order valence-corrected chi connectivity index (χ3v) is 8.84. The molecule has 27 heavy (non-hydrogen) atoms. The Morgan fingerprint density at radius 2 is 1.74 bits per heavy atom. The van der Waals surface area contributed by atoms with Gasteiger partial charge in [0.05, 0.1) is 16.7 Å². The Kier molecular flexibility index (Phi) is 4.46. The lowest BCUT2D eigenvalue weighted by atomic mass is 10.2. The summed E-state index contributed by atoms with van der Waals surface area (Å²) in [5.41, 5.74) is 2.47. The molecule has 0 spiro atoms. The van der Waals surface area contributed by atoms with E-state index in [2.05, 4.69) is 5.10 Å². The molecule has 1 aromatic heterocycles. The molecule has 2 aromatic carbocycles. The van der Waals surface area contributed by atoms with Crippen LogP contribution in [0.15, 0.2) is 59.6 Å². The summed E-state index contributed by atoms with van der Waals surface area (Å²) in [7, 11) is 3.49. The minimum Gasteiger partial charge on any atom is -0.334 e. The normalized spacial score (nSPS) is 19.0. The Balaban J connectivity index is 2.00. The fraction of sp³-hybridized carbons (Fsp3) is 0.158. The number of benzene rings is 2. The molecule has 0 N–H and O–H groups in total. The van der Waals surface area contributed by atoms with Crippen molar-refractivity contribution in [1.82, 2.24) is 14.5 Å². The highest BCUT2D eigenvalue weighted by molar-refractivity contribution is 8.15. The number of aliphatic imine (C=N–C) groups is 1. The van der Waals surface area contributed by atoms with Crippen LogP contribution in [-0.4, -0.2) is 34.4 Å². The van der Waals surface area contributed by atoms with E-state index in [0.29, 0.717) is 11.7 Å². The number of para-hydroxylation sites is 1. The average Bonchev–Trinajstić information content (AvgIpc) is 3.03. The summed E-state index contributed by atoms with van der Waals surface area (Å²) in [5, 5.41) is 5.53. The minimum atomic E-state index is -2.59. The first-order chi connectivity index (χ1) is 13.0. The van der Waals surface area contributed by atoms with Crippen molar-refractivity contribution in [1.29, 1.82) is 0 Å². The topological polar surface area (TPSA) is 42.6 Å². The Morgan fingerprint density at radius 1 is 1.07 bits per heavy atom. The number of rotatable bonds is 3. The number of halogens is 1. The zero-order valence-electron chi connectivity index (χ0n) is 15.1. The Labute approximate surface area is 162 Å². The van der Waals surface area contributed by atoms with Crippen molar-refractivity contribution < 1.29 is 8.91 Å². The number of hydrogen-bond acceptors (Lipinski definition) is 4. The second-order valence-electron chi connectivity index (χ2n) is 6.17. The van der Waals surface area contributed by atoms with Gasteiger partial charge in [-0.2, -0.15) is 5.10 Å². The van der Waals surface area contributed by atoms with Crippen molar-refractivity contribution >= 4 is 35.2 Å². The summed E-state index contributed by atoms with van der Waals surface area (Å²) in [4.78, 5) is 4.87. The van der Waals surface area contributed by atoms with Gasteiger partial charge in [0, 0.05) is 19.7 Å². The number of aromatic nitrogens is 2. The number of hydrogen-bond donors (Lipinski definition) is 0. The Morgan fingerprint density at radius 3 is 2.37 bits per heavy atom. The quantitative estimate of drug-likeness (QED) is 0.625. The lowest BCUT2D eigenvalue weighted by molar-refractivity contribution is 0.439. The van der Waals surface area contributed by atoms with Crippen LogP contribution in [-0.2, 0) is 16.3 Å². The summed E-state index contributed by atoms with van der Waals surface area (Å²) >= 11 is 5.99. The highest BCUT2D eigenvalue weighted by atomic mass is 32.4. The van der Waals surface area contributed by atoms with Crippen molar-refractivity contribution in [2.75, 3.05) is 14.2 Å². The van der Waals surface area contributed by atoms with Crippen LogP contribution in [0, 0.1) is 12.7 Å². The molecule has 0 bridgehead atoms. The molecule has 0 fully saturated rings. The van der Waals surface area contributed by atoms with E-state index in [1.165, 1.54) is 12.1 Å². The SMILES string of the molecule is CO[P@@]1(=S)c2c(C)nn(-c3ccccc3)c2N=C(c2ccc(F)cc2)N1C. The summed E-state index contributed by atoms with van der Waals surface area (Å²) < 4.78 is 22.9. The van der Waals surface area contributed by atoms with Crippen LogP contribution in [0.2, 0.25) is 0 Å². The lowest BCUT2D eigenvalue weighted by Gasteiger charge is -2.36. The highest BCUT2D eigenvalue weighted by Gasteiger charge is 2.39. The van der Waals surface area contributed by atoms with Crippen LogP contribution < -0.4 is 5.30 Å². The lowest BCUT2D eigenvalue weighted by Crippen LogP contribution is -2.34. The van der Waals surface area contributed by atoms with Crippen LogP contribution in [0.3, 0.4) is 0 Å². The van der Waals surface area contributed by atoms with Gasteiger partial charge in [-0.15, -0.1) is 0 Å². The monoisotopic (exact) mass is 400 g/mol. The molecule has 0 saturated carbocycles. The highest BCUT2D eigenvalue weighted by Crippen LogP contribution is 2.55. The van der Waals surface area contributed by atoms with Crippen molar-refractivity contribution in [2.24, 2.45) is 4.99 Å². The largest absolute Gasteiger partial charge is 0.334 e. The van der Waals surface area contributed by atoms with Gasteiger partial charge in [0.1, 0.15) is 11.7 Å². The third-order valence-electron chi connectivity index (χ3n) is 4.55. The number of aryl methyl sites for hydroxylation is 1. The molecule has 3 aromatic rings. The van der Waals surface area contributed by atoms with Crippen LogP contribution in [0.25, 0.3) is 5.69 Å². The fourth-order valence-corrected chi connectivity index (χ4v) is 6.06. The second-order valence-corrected chi connectivity index (χ2v) is 10.1. The summed E-state index contributed by atoms with van der Waals surface area (Å²) in [6.07, 6.45) is -2.59. The van der Waals surface area contributed by atoms with Gasteiger partial charge in [-0.25, -0.2) is 14.1 Å². The molecule has 138 valence electrons. The van der Waals surface area contributed by atoms with Crippen LogP contribution in [0.5, 0.6) is 0 Å². The van der Waals surface area contributed by atoms with E-state index in [9.17, 15) is 4.39 Å². The van der Waals surface area contributed by atoms with E-state index in [-0.39, 0.29) is 5.82 Å². The molecule has 0 amide bonds. The number of fused-ring (bicyclic) bond motifs is 1. The molecule has 0 saturated heterocycles. The predicted octanol–water partition coefficient (Wildman–Crippen LogP) is 3.92. The summed E-state index contributed by atoms with van der Waals surface area (Å²) in [6, 6.07) is 16.0. The summed E-state index contributed by atoms with van der Waals surface area (Å²) in [6.45, 7) is 1.92. The van der Waals surface area contributed by atoms with Gasteiger partial charge in [0.25, 0.3) is 0 Å². The van der Waals surface area contributed by atoms with Crippen LogP contribution in [0.1, 0.15) is 11.3 Å². The molecule has 1 aliphatic rings. The number of nitrogens with zero attached hydrogens (tertiary/aromatic N) is 4. The molecule has 1 aliphatic heterocycles. The Hall–Kier alpha value is -2.34. The van der Waals surface area contributed by atoms with Gasteiger partial charge < -0.3 is 9.19 Å². The van der Waals surface area contributed by atoms with E-state index in [0.717, 1.165) is 22.2 Å². The summed E-state index contributed by atoms with van der Waals surface area (Å²) in [5.74, 6) is 1.01. The molecule has 2 heterocycles. The fourth-order valence-electron chi connectivity index (χ4n) is 3.20. The van der Waals surface area contributed by atoms with Gasteiger partial charge in [0.2, 0.25) is 0 Å². The molecular weight excluding hydrogens is 382 g/mol. The van der Waals surface area contributed by atoms with Crippen molar-refractivity contribution in [3.8, 4) is 5.69 Å². The molecule has 0 radical (unpaired) electrons. The molecular formula is C19H18FN4OPS. The zero-order valence-corrected chi connectivity index (χ0v) is 16.8. The predicted molar refractivity (Wildman–Crippen MR) is 110 cm³/mol. The van der Waals surface area contributed by atoms with E-state index < -0.39 is 6.42 Å². The standard InChI is InChI=1S/C19H18FN4OPS/c1-13-17-19(24(22-13)16-7-5-4-6-8-16)21-18(23(2)26(17,27)25-3)14-9-11-15(20)12-10-14/h4-12H,1-3H3/t26-/m1/s1. The van der Waals surface area contributed by atoms with Gasteiger partial charge in [0.15, 0.2) is 12.2 Å². The van der Waals surface area contributed by atoms with Crippen LogP contribution >= 0.6 is 6.42 Å². The van der Waals surface area contributed by atoms with Crippen molar-refractivity contribution in [3.63, 3.8) is 0 Å². The first-order valence-corrected chi connectivity index (χ1v) is 11.0. The molecule has 8 heteroatoms. The maximum absolute atomic E-state index is 13.4. The van der Waals surface area contributed by atoms with E-state index in [4.69, 9.17) is 21.3 Å². The average molecular weight is 400 g/mol. The molecule has 4 rings (SSSR count).